The Kier molecular flexibility index (Phi) is 8.97. The summed E-state index contributed by atoms with van der Waals surface area (Å²) in [6, 6.07) is 0. The van der Waals surface area contributed by atoms with E-state index in [1.807, 2.05) is 6.92 Å². The highest BCUT2D eigenvalue weighted by atomic mass is 19.2. The SMILES string of the molecule is CCCCCOC(=O)COCC(=O)OCc1c(F)c(F)c(F)c(F)c1F. The smallest absolute Gasteiger partial charge is 0.332 e. The van der Waals surface area contributed by atoms with Crippen LogP contribution in [0.3, 0.4) is 0 Å². The van der Waals surface area contributed by atoms with E-state index in [0.717, 1.165) is 12.8 Å². The first-order valence-electron chi connectivity index (χ1n) is 7.68. The van der Waals surface area contributed by atoms with Gasteiger partial charge in [-0.1, -0.05) is 19.8 Å². The quantitative estimate of drug-likeness (QED) is 0.204. The Labute approximate surface area is 146 Å². The second kappa shape index (κ2) is 10.7. The lowest BCUT2D eigenvalue weighted by Gasteiger charge is -2.09. The van der Waals surface area contributed by atoms with Crippen LogP contribution in [0.25, 0.3) is 0 Å². The third kappa shape index (κ3) is 6.25. The van der Waals surface area contributed by atoms with Gasteiger partial charge in [-0.05, 0) is 6.42 Å². The number of halogens is 5. The van der Waals surface area contributed by atoms with Crippen LogP contribution in [0.15, 0.2) is 0 Å². The zero-order valence-corrected chi connectivity index (χ0v) is 13.9. The van der Waals surface area contributed by atoms with Crippen LogP contribution in [-0.4, -0.2) is 31.8 Å². The normalized spacial score (nSPS) is 10.7. The molecule has 0 N–H and O–H groups in total. The predicted molar refractivity (Wildman–Crippen MR) is 77.3 cm³/mol. The zero-order valence-electron chi connectivity index (χ0n) is 13.9. The van der Waals surface area contributed by atoms with Crippen LogP contribution < -0.4 is 0 Å². The van der Waals surface area contributed by atoms with E-state index in [1.54, 1.807) is 0 Å². The maximum Gasteiger partial charge on any atom is 0.332 e. The molecule has 1 aromatic carbocycles. The Morgan fingerprint density at radius 3 is 1.81 bits per heavy atom. The van der Waals surface area contributed by atoms with Crippen molar-refractivity contribution in [3.05, 3.63) is 34.6 Å². The number of carbonyl (C=O) groups excluding carboxylic acids is 2. The summed E-state index contributed by atoms with van der Waals surface area (Å²) >= 11 is 0. The van der Waals surface area contributed by atoms with E-state index in [4.69, 9.17) is 4.74 Å². The molecule has 0 aliphatic heterocycles. The topological polar surface area (TPSA) is 61.8 Å². The molecular weight excluding hydrogens is 367 g/mol. The van der Waals surface area contributed by atoms with E-state index in [1.165, 1.54) is 0 Å². The minimum absolute atomic E-state index is 0.209. The molecule has 0 fully saturated rings. The minimum Gasteiger partial charge on any atom is -0.464 e. The lowest BCUT2D eigenvalue weighted by Crippen LogP contribution is -2.19. The molecule has 146 valence electrons. The standard InChI is InChI=1S/C16H17F5O5/c1-2-3-4-5-25-10(22)7-24-8-11(23)26-6-9-12(17)14(19)16(21)15(20)13(9)18/h2-8H2,1H3. The molecular formula is C16H17F5O5. The van der Waals surface area contributed by atoms with Gasteiger partial charge in [-0.2, -0.15) is 0 Å². The number of unbranched alkanes of at least 4 members (excludes halogenated alkanes) is 2. The van der Waals surface area contributed by atoms with Crippen molar-refractivity contribution in [3.8, 4) is 0 Å². The van der Waals surface area contributed by atoms with Crippen molar-refractivity contribution >= 4 is 11.9 Å². The third-order valence-corrected chi connectivity index (χ3v) is 3.13. The van der Waals surface area contributed by atoms with Crippen LogP contribution >= 0.6 is 0 Å². The van der Waals surface area contributed by atoms with E-state index in [2.05, 4.69) is 9.47 Å². The summed E-state index contributed by atoms with van der Waals surface area (Å²) in [5.74, 6) is -12.7. The molecule has 1 aromatic rings. The molecule has 0 aliphatic carbocycles. The Bertz CT molecular complexity index is 621. The van der Waals surface area contributed by atoms with Crippen molar-refractivity contribution in [1.82, 2.24) is 0 Å². The summed E-state index contributed by atoms with van der Waals surface area (Å²) in [7, 11) is 0. The molecule has 0 unspecified atom stereocenters. The third-order valence-electron chi connectivity index (χ3n) is 3.13. The van der Waals surface area contributed by atoms with Crippen molar-refractivity contribution < 1.29 is 45.8 Å². The first-order chi connectivity index (χ1) is 12.3. The number of esters is 2. The van der Waals surface area contributed by atoms with Gasteiger partial charge in [0.2, 0.25) is 5.82 Å². The molecule has 0 bridgehead atoms. The lowest BCUT2D eigenvalue weighted by molar-refractivity contribution is -0.156. The Balaban J connectivity index is 2.41. The molecule has 0 aliphatic rings. The van der Waals surface area contributed by atoms with Crippen LogP contribution in [0.1, 0.15) is 31.7 Å². The number of hydrogen-bond donors (Lipinski definition) is 0. The Hall–Kier alpha value is -2.23. The van der Waals surface area contributed by atoms with Gasteiger partial charge >= 0.3 is 11.9 Å². The average Bonchev–Trinajstić information content (AvgIpc) is 2.62. The molecule has 1 rings (SSSR count). The van der Waals surface area contributed by atoms with Crippen molar-refractivity contribution in [1.29, 1.82) is 0 Å². The van der Waals surface area contributed by atoms with Gasteiger partial charge in [0.05, 0.1) is 12.2 Å². The fourth-order valence-corrected chi connectivity index (χ4v) is 1.77. The van der Waals surface area contributed by atoms with Gasteiger partial charge in [-0.3, -0.25) is 0 Å². The van der Waals surface area contributed by atoms with E-state index < -0.39 is 66.4 Å². The van der Waals surface area contributed by atoms with Crippen LogP contribution in [0.2, 0.25) is 0 Å². The van der Waals surface area contributed by atoms with E-state index in [0.29, 0.717) is 6.42 Å². The van der Waals surface area contributed by atoms with Crippen LogP contribution in [-0.2, 0) is 30.4 Å². The molecule has 0 aromatic heterocycles. The van der Waals surface area contributed by atoms with Gasteiger partial charge in [-0.15, -0.1) is 0 Å². The molecule has 0 heterocycles. The number of benzene rings is 1. The highest BCUT2D eigenvalue weighted by Gasteiger charge is 2.26. The first kappa shape index (κ1) is 21.8. The van der Waals surface area contributed by atoms with Gasteiger partial charge in [0.25, 0.3) is 0 Å². The molecule has 0 saturated heterocycles. The zero-order chi connectivity index (χ0) is 19.7. The molecule has 5 nitrogen and oxygen atoms in total. The van der Waals surface area contributed by atoms with Gasteiger partial charge in [0.1, 0.15) is 19.8 Å². The van der Waals surface area contributed by atoms with Crippen molar-refractivity contribution in [3.63, 3.8) is 0 Å². The maximum atomic E-state index is 13.4. The van der Waals surface area contributed by atoms with Crippen LogP contribution in [0.4, 0.5) is 22.0 Å². The van der Waals surface area contributed by atoms with E-state index >= 15 is 0 Å². The van der Waals surface area contributed by atoms with Crippen LogP contribution in [0, 0.1) is 29.1 Å². The lowest BCUT2D eigenvalue weighted by atomic mass is 10.2. The van der Waals surface area contributed by atoms with Gasteiger partial charge in [-0.25, -0.2) is 31.5 Å². The van der Waals surface area contributed by atoms with Gasteiger partial charge < -0.3 is 14.2 Å². The molecule has 0 radical (unpaired) electrons. The van der Waals surface area contributed by atoms with Crippen molar-refractivity contribution in [2.24, 2.45) is 0 Å². The minimum atomic E-state index is -2.31. The summed E-state index contributed by atoms with van der Waals surface area (Å²) in [6.45, 7) is -0.317. The van der Waals surface area contributed by atoms with E-state index in [-0.39, 0.29) is 6.61 Å². The molecule has 10 heteroatoms. The van der Waals surface area contributed by atoms with Crippen LogP contribution in [0.5, 0.6) is 0 Å². The van der Waals surface area contributed by atoms with Crippen molar-refractivity contribution in [2.75, 3.05) is 19.8 Å². The van der Waals surface area contributed by atoms with Gasteiger partial charge in [0.15, 0.2) is 23.3 Å². The number of rotatable bonds is 10. The largest absolute Gasteiger partial charge is 0.464 e. The maximum absolute atomic E-state index is 13.4. The summed E-state index contributed by atoms with van der Waals surface area (Å²) in [5.41, 5.74) is -1.29. The first-order valence-corrected chi connectivity index (χ1v) is 7.68. The highest BCUT2D eigenvalue weighted by Crippen LogP contribution is 2.23. The van der Waals surface area contributed by atoms with Crippen molar-refractivity contribution in [2.45, 2.75) is 32.8 Å². The second-order valence-corrected chi connectivity index (χ2v) is 5.13. The molecule has 0 amide bonds. The summed E-state index contributed by atoms with van der Waals surface area (Å²) in [4.78, 5) is 22.6. The monoisotopic (exact) mass is 384 g/mol. The molecule has 0 spiro atoms. The highest BCUT2D eigenvalue weighted by molar-refractivity contribution is 5.73. The molecule has 26 heavy (non-hydrogen) atoms. The molecule has 0 saturated carbocycles. The molecule has 0 atom stereocenters. The number of ether oxygens (including phenoxy) is 3. The Morgan fingerprint density at radius 2 is 1.27 bits per heavy atom. The van der Waals surface area contributed by atoms with Gasteiger partial charge in [0, 0.05) is 0 Å². The summed E-state index contributed by atoms with van der Waals surface area (Å²) in [5, 5.41) is 0. The fourth-order valence-electron chi connectivity index (χ4n) is 1.77. The number of carbonyl (C=O) groups is 2. The average molecular weight is 384 g/mol. The second-order valence-electron chi connectivity index (χ2n) is 5.13. The Morgan fingerprint density at radius 1 is 0.769 bits per heavy atom. The summed E-state index contributed by atoms with van der Waals surface area (Å²) < 4.78 is 79.5. The number of hydrogen-bond acceptors (Lipinski definition) is 5. The van der Waals surface area contributed by atoms with E-state index in [9.17, 15) is 31.5 Å². The predicted octanol–water partition coefficient (Wildman–Crippen LogP) is 3.18. The fraction of sp³-hybridized carbons (Fsp3) is 0.500. The summed E-state index contributed by atoms with van der Waals surface area (Å²) in [6.07, 6.45) is 2.52.